The van der Waals surface area contributed by atoms with Crippen molar-refractivity contribution in [1.29, 1.82) is 0 Å². The van der Waals surface area contributed by atoms with Crippen LogP contribution in [0.4, 0.5) is 0 Å². The predicted molar refractivity (Wildman–Crippen MR) is 91.9 cm³/mol. The van der Waals surface area contributed by atoms with E-state index in [1.54, 1.807) is 30.3 Å². The summed E-state index contributed by atoms with van der Waals surface area (Å²) >= 11 is 0. The lowest BCUT2D eigenvalue weighted by molar-refractivity contribution is 0.0981. The molecular weight excluding hydrogens is 326 g/mol. The van der Waals surface area contributed by atoms with E-state index in [4.69, 9.17) is 5.73 Å². The fraction of sp³-hybridized carbons (Fsp3) is 0.118. The summed E-state index contributed by atoms with van der Waals surface area (Å²) < 4.78 is 28.6. The summed E-state index contributed by atoms with van der Waals surface area (Å²) in [5.41, 5.74) is 7.56. The summed E-state index contributed by atoms with van der Waals surface area (Å²) in [5.74, 6) is -0.663. The van der Waals surface area contributed by atoms with E-state index >= 15 is 0 Å². The minimum absolute atomic E-state index is 0.0221. The van der Waals surface area contributed by atoms with E-state index in [2.05, 4.69) is 4.72 Å². The lowest BCUT2D eigenvalue weighted by Gasteiger charge is -2.08. The van der Waals surface area contributed by atoms with Gasteiger partial charge in [-0.1, -0.05) is 12.1 Å². The Morgan fingerprint density at radius 1 is 1.12 bits per heavy atom. The van der Waals surface area contributed by atoms with Gasteiger partial charge in [0.05, 0.1) is 4.90 Å². The standard InChI is InChI=1S/C17H17N3O3S/c1-20-9-8-13-10-14(4-7-16(13)20)17(21)19-24(22,23)15-5-2-12(11-18)3-6-15/h2-10H,11,18H2,1H3,(H,19,21). The van der Waals surface area contributed by atoms with Crippen molar-refractivity contribution in [3.63, 3.8) is 0 Å². The number of amides is 1. The normalized spacial score (nSPS) is 11.6. The second kappa shape index (κ2) is 6.10. The summed E-state index contributed by atoms with van der Waals surface area (Å²) in [6.45, 7) is 0.323. The lowest BCUT2D eigenvalue weighted by atomic mass is 10.1. The van der Waals surface area contributed by atoms with E-state index in [1.807, 2.05) is 23.9 Å². The number of hydrogen-bond acceptors (Lipinski definition) is 4. The Kier molecular flexibility index (Phi) is 4.13. The summed E-state index contributed by atoms with van der Waals surface area (Å²) in [6, 6.07) is 13.0. The van der Waals surface area contributed by atoms with Crippen LogP contribution in [0.5, 0.6) is 0 Å². The zero-order chi connectivity index (χ0) is 17.3. The van der Waals surface area contributed by atoms with Crippen LogP contribution >= 0.6 is 0 Å². The van der Waals surface area contributed by atoms with Crippen molar-refractivity contribution in [1.82, 2.24) is 9.29 Å². The minimum atomic E-state index is -3.93. The molecule has 24 heavy (non-hydrogen) atoms. The number of aromatic nitrogens is 1. The molecule has 0 aliphatic heterocycles. The Morgan fingerprint density at radius 2 is 1.83 bits per heavy atom. The van der Waals surface area contributed by atoms with Gasteiger partial charge in [-0.05, 0) is 42.0 Å². The Hall–Kier alpha value is -2.64. The Bertz CT molecular complexity index is 1010. The van der Waals surface area contributed by atoms with Gasteiger partial charge in [0.2, 0.25) is 0 Å². The predicted octanol–water partition coefficient (Wildman–Crippen LogP) is 1.76. The number of aryl methyl sites for hydroxylation is 1. The van der Waals surface area contributed by atoms with Crippen molar-refractivity contribution in [2.24, 2.45) is 12.8 Å². The molecule has 1 heterocycles. The largest absolute Gasteiger partial charge is 0.351 e. The monoisotopic (exact) mass is 343 g/mol. The van der Waals surface area contributed by atoms with Crippen LogP contribution in [0.15, 0.2) is 59.6 Å². The molecule has 7 heteroatoms. The van der Waals surface area contributed by atoms with Crippen molar-refractivity contribution in [3.05, 3.63) is 65.9 Å². The van der Waals surface area contributed by atoms with Crippen LogP contribution in [0, 0.1) is 0 Å². The maximum Gasteiger partial charge on any atom is 0.265 e. The first-order valence-corrected chi connectivity index (χ1v) is 8.80. The second-order valence-electron chi connectivity index (χ2n) is 5.48. The third-order valence-corrected chi connectivity index (χ3v) is 5.19. The van der Waals surface area contributed by atoms with Crippen molar-refractivity contribution in [2.45, 2.75) is 11.4 Å². The number of fused-ring (bicyclic) bond motifs is 1. The first-order chi connectivity index (χ1) is 11.4. The molecular formula is C17H17N3O3S. The summed E-state index contributed by atoms with van der Waals surface area (Å²) in [6.07, 6.45) is 1.88. The summed E-state index contributed by atoms with van der Waals surface area (Å²) in [7, 11) is -2.03. The van der Waals surface area contributed by atoms with Crippen LogP contribution in [0.1, 0.15) is 15.9 Å². The van der Waals surface area contributed by atoms with Crippen molar-refractivity contribution < 1.29 is 13.2 Å². The van der Waals surface area contributed by atoms with Gasteiger partial charge in [-0.25, -0.2) is 13.1 Å². The van der Waals surface area contributed by atoms with E-state index in [1.165, 1.54) is 12.1 Å². The molecule has 0 saturated carbocycles. The van der Waals surface area contributed by atoms with E-state index in [0.29, 0.717) is 6.54 Å². The van der Waals surface area contributed by atoms with Gasteiger partial charge in [0, 0.05) is 36.3 Å². The molecule has 0 fully saturated rings. The molecule has 0 spiro atoms. The Morgan fingerprint density at radius 3 is 2.50 bits per heavy atom. The number of hydrogen-bond donors (Lipinski definition) is 2. The van der Waals surface area contributed by atoms with Crippen molar-refractivity contribution in [3.8, 4) is 0 Å². The van der Waals surface area contributed by atoms with Crippen LogP contribution in [0.25, 0.3) is 10.9 Å². The van der Waals surface area contributed by atoms with Gasteiger partial charge in [0.1, 0.15) is 0 Å². The number of nitrogens with zero attached hydrogens (tertiary/aromatic N) is 1. The Labute approximate surface area is 139 Å². The van der Waals surface area contributed by atoms with Crippen LogP contribution < -0.4 is 10.5 Å². The molecule has 0 unspecified atom stereocenters. The molecule has 3 aromatic rings. The molecule has 6 nitrogen and oxygen atoms in total. The van der Waals surface area contributed by atoms with Crippen molar-refractivity contribution in [2.75, 3.05) is 0 Å². The van der Waals surface area contributed by atoms with E-state index in [9.17, 15) is 13.2 Å². The zero-order valence-electron chi connectivity index (χ0n) is 13.1. The number of nitrogens with two attached hydrogens (primary N) is 1. The third-order valence-electron chi connectivity index (χ3n) is 3.84. The van der Waals surface area contributed by atoms with Gasteiger partial charge in [0.25, 0.3) is 15.9 Å². The molecule has 0 bridgehead atoms. The molecule has 0 radical (unpaired) electrons. The molecule has 1 amide bonds. The number of sulfonamides is 1. The fourth-order valence-corrected chi connectivity index (χ4v) is 3.44. The molecule has 0 saturated heterocycles. The van der Waals surface area contributed by atoms with Crippen LogP contribution in [0.2, 0.25) is 0 Å². The first kappa shape index (κ1) is 16.2. The van der Waals surface area contributed by atoms with E-state index in [0.717, 1.165) is 16.5 Å². The molecule has 124 valence electrons. The maximum atomic E-state index is 12.3. The molecule has 0 atom stereocenters. The van der Waals surface area contributed by atoms with E-state index in [-0.39, 0.29) is 10.5 Å². The highest BCUT2D eigenvalue weighted by atomic mass is 32.2. The van der Waals surface area contributed by atoms with Gasteiger partial charge in [0.15, 0.2) is 0 Å². The molecule has 3 rings (SSSR count). The number of carbonyl (C=O) groups is 1. The van der Waals surface area contributed by atoms with Gasteiger partial charge in [-0.2, -0.15) is 0 Å². The number of rotatable bonds is 4. The highest BCUT2D eigenvalue weighted by Crippen LogP contribution is 2.17. The SMILES string of the molecule is Cn1ccc2cc(C(=O)NS(=O)(=O)c3ccc(CN)cc3)ccc21. The van der Waals surface area contributed by atoms with Crippen LogP contribution in [0.3, 0.4) is 0 Å². The number of carbonyl (C=O) groups excluding carboxylic acids is 1. The highest BCUT2D eigenvalue weighted by Gasteiger charge is 2.19. The fourth-order valence-electron chi connectivity index (χ4n) is 2.47. The van der Waals surface area contributed by atoms with Gasteiger partial charge in [-0.15, -0.1) is 0 Å². The van der Waals surface area contributed by atoms with Gasteiger partial charge in [-0.3, -0.25) is 4.79 Å². The molecule has 1 aromatic heterocycles. The average molecular weight is 343 g/mol. The summed E-state index contributed by atoms with van der Waals surface area (Å²) in [4.78, 5) is 12.3. The number of nitrogens with one attached hydrogen (secondary N) is 1. The number of benzene rings is 2. The van der Waals surface area contributed by atoms with Crippen LogP contribution in [-0.2, 0) is 23.6 Å². The minimum Gasteiger partial charge on any atom is -0.351 e. The molecule has 0 aliphatic carbocycles. The highest BCUT2D eigenvalue weighted by molar-refractivity contribution is 7.90. The van der Waals surface area contributed by atoms with Crippen molar-refractivity contribution >= 4 is 26.8 Å². The zero-order valence-corrected chi connectivity index (χ0v) is 13.9. The first-order valence-electron chi connectivity index (χ1n) is 7.32. The van der Waals surface area contributed by atoms with Gasteiger partial charge >= 0.3 is 0 Å². The topological polar surface area (TPSA) is 94.2 Å². The second-order valence-corrected chi connectivity index (χ2v) is 7.17. The third kappa shape index (κ3) is 3.04. The lowest BCUT2D eigenvalue weighted by Crippen LogP contribution is -2.30. The van der Waals surface area contributed by atoms with Gasteiger partial charge < -0.3 is 10.3 Å². The Balaban J connectivity index is 1.85. The quantitative estimate of drug-likeness (QED) is 0.755. The van der Waals surface area contributed by atoms with E-state index < -0.39 is 15.9 Å². The maximum absolute atomic E-state index is 12.3. The summed E-state index contributed by atoms with van der Waals surface area (Å²) in [5, 5.41) is 0.870. The smallest absolute Gasteiger partial charge is 0.265 e. The molecule has 2 aromatic carbocycles. The van der Waals surface area contributed by atoms with Crippen LogP contribution in [-0.4, -0.2) is 18.9 Å². The molecule has 3 N–H and O–H groups in total. The average Bonchev–Trinajstić information content (AvgIpc) is 2.95. The molecule has 0 aliphatic rings.